The van der Waals surface area contributed by atoms with Gasteiger partial charge in [0.2, 0.25) is 0 Å². The first-order valence-electron chi connectivity index (χ1n) is 12.9. The number of nitrogens with one attached hydrogen (secondary N) is 1. The largest absolute Gasteiger partial charge is 0.486 e. The number of carbonyl (C=O) groups is 1. The summed E-state index contributed by atoms with van der Waals surface area (Å²) in [6, 6.07) is 21.1. The quantitative estimate of drug-likeness (QED) is 0.179. The van der Waals surface area contributed by atoms with Gasteiger partial charge in [-0.3, -0.25) is 4.79 Å². The number of hydrogen-bond donors (Lipinski definition) is 3. The average molecular weight is 522 g/mol. The lowest BCUT2D eigenvalue weighted by Crippen LogP contribution is -2.33. The number of aliphatic hydroxyl groups excluding tert-OH is 2. The summed E-state index contributed by atoms with van der Waals surface area (Å²) >= 11 is 0. The molecule has 8 nitrogen and oxygen atoms in total. The van der Waals surface area contributed by atoms with Crippen LogP contribution in [0, 0.1) is 0 Å². The van der Waals surface area contributed by atoms with E-state index in [1.54, 1.807) is 18.2 Å². The topological polar surface area (TPSA) is 106 Å². The molecular weight excluding hydrogens is 486 g/mol. The minimum atomic E-state index is -0.736. The van der Waals surface area contributed by atoms with Crippen LogP contribution in [-0.4, -0.2) is 55.2 Å². The summed E-state index contributed by atoms with van der Waals surface area (Å²) in [6.07, 6.45) is 0.206. The summed E-state index contributed by atoms with van der Waals surface area (Å²) in [4.78, 5) is 11.3. The summed E-state index contributed by atoms with van der Waals surface area (Å²) in [5.74, 6) is 1.42. The fourth-order valence-electron chi connectivity index (χ4n) is 4.25. The van der Waals surface area contributed by atoms with E-state index in [4.69, 9.17) is 18.9 Å². The summed E-state index contributed by atoms with van der Waals surface area (Å²) in [5, 5.41) is 23.2. The van der Waals surface area contributed by atoms with Crippen molar-refractivity contribution in [2.45, 2.75) is 38.6 Å². The second kappa shape index (κ2) is 13.9. The molecule has 0 radical (unpaired) electrons. The molecule has 4 rings (SSSR count). The minimum absolute atomic E-state index is 0.0791. The number of carbonyl (C=O) groups excluding carboxylic acids is 1. The molecule has 202 valence electrons. The molecule has 3 aromatic carbocycles. The fourth-order valence-corrected chi connectivity index (χ4v) is 4.25. The number of esters is 1. The van der Waals surface area contributed by atoms with Gasteiger partial charge in [-0.15, -0.1) is 0 Å². The third-order valence-electron chi connectivity index (χ3n) is 6.17. The molecule has 0 saturated heterocycles. The van der Waals surface area contributed by atoms with Crippen LogP contribution in [0.2, 0.25) is 0 Å². The highest BCUT2D eigenvalue weighted by Gasteiger charge is 2.21. The van der Waals surface area contributed by atoms with Crippen molar-refractivity contribution in [2.24, 2.45) is 0 Å². The van der Waals surface area contributed by atoms with E-state index in [0.29, 0.717) is 62.0 Å². The minimum Gasteiger partial charge on any atom is -0.486 e. The molecule has 0 bridgehead atoms. The highest BCUT2D eigenvalue weighted by Crippen LogP contribution is 2.33. The van der Waals surface area contributed by atoms with E-state index in [1.165, 1.54) is 6.92 Å². The highest BCUT2D eigenvalue weighted by atomic mass is 16.6. The molecule has 3 aromatic rings. The van der Waals surface area contributed by atoms with E-state index in [1.807, 2.05) is 48.5 Å². The number of benzene rings is 3. The van der Waals surface area contributed by atoms with Gasteiger partial charge in [0.05, 0.1) is 19.3 Å². The number of rotatable bonds is 13. The van der Waals surface area contributed by atoms with Gasteiger partial charge in [0, 0.05) is 20.1 Å². The van der Waals surface area contributed by atoms with Crippen molar-refractivity contribution in [3.05, 3.63) is 89.0 Å². The standard InChI is InChI=1S/C30H35NO7/c1-21(33)37-28-10-8-24(16-25(28)12-14-32)27(34)17-31-13-11-22-7-9-29-30(15-22)36-20-26(38-29)19-35-18-23-5-3-2-4-6-23/h2-10,15-16,26-27,31-32,34H,11-14,17-20H2,1H3. The Hall–Kier alpha value is -3.43. The van der Waals surface area contributed by atoms with Crippen molar-refractivity contribution in [3.63, 3.8) is 0 Å². The van der Waals surface area contributed by atoms with Gasteiger partial charge in [-0.2, -0.15) is 0 Å². The van der Waals surface area contributed by atoms with Crippen molar-refractivity contribution in [1.82, 2.24) is 5.32 Å². The monoisotopic (exact) mass is 521 g/mol. The molecule has 0 fully saturated rings. The third-order valence-corrected chi connectivity index (χ3v) is 6.17. The fraction of sp³-hybridized carbons (Fsp3) is 0.367. The van der Waals surface area contributed by atoms with E-state index in [-0.39, 0.29) is 12.7 Å². The molecule has 2 atom stereocenters. The van der Waals surface area contributed by atoms with E-state index < -0.39 is 12.1 Å². The maximum absolute atomic E-state index is 11.3. The summed E-state index contributed by atoms with van der Waals surface area (Å²) in [5.41, 5.74) is 3.60. The van der Waals surface area contributed by atoms with Crippen LogP contribution in [-0.2, 0) is 29.0 Å². The third kappa shape index (κ3) is 8.03. The zero-order valence-electron chi connectivity index (χ0n) is 21.6. The first kappa shape index (κ1) is 27.6. The molecule has 0 spiro atoms. The SMILES string of the molecule is CC(=O)Oc1ccc(C(O)CNCCc2ccc3c(c2)OCC(COCc2ccccc2)O3)cc1CCO. The van der Waals surface area contributed by atoms with Gasteiger partial charge < -0.3 is 34.5 Å². The Kier molecular flexibility index (Phi) is 10.1. The summed E-state index contributed by atoms with van der Waals surface area (Å²) < 4.78 is 23.0. The number of fused-ring (bicyclic) bond motifs is 1. The van der Waals surface area contributed by atoms with Gasteiger partial charge in [0.15, 0.2) is 17.6 Å². The summed E-state index contributed by atoms with van der Waals surface area (Å²) in [6.45, 7) is 3.71. The Morgan fingerprint density at radius 3 is 2.68 bits per heavy atom. The molecule has 1 aliphatic rings. The molecule has 38 heavy (non-hydrogen) atoms. The van der Waals surface area contributed by atoms with Crippen LogP contribution in [0.3, 0.4) is 0 Å². The first-order valence-corrected chi connectivity index (χ1v) is 12.9. The number of ether oxygens (including phenoxy) is 4. The molecule has 8 heteroatoms. The predicted octanol–water partition coefficient (Wildman–Crippen LogP) is 3.37. The lowest BCUT2D eigenvalue weighted by atomic mass is 10.0. The second-order valence-electron chi connectivity index (χ2n) is 9.24. The maximum atomic E-state index is 11.3. The Bertz CT molecular complexity index is 1180. The van der Waals surface area contributed by atoms with E-state index in [2.05, 4.69) is 5.32 Å². The molecule has 0 amide bonds. The van der Waals surface area contributed by atoms with Crippen molar-refractivity contribution in [2.75, 3.05) is 32.9 Å². The average Bonchev–Trinajstić information content (AvgIpc) is 2.92. The van der Waals surface area contributed by atoms with E-state index in [0.717, 1.165) is 23.3 Å². The second-order valence-corrected chi connectivity index (χ2v) is 9.24. The van der Waals surface area contributed by atoms with Crippen LogP contribution >= 0.6 is 0 Å². The van der Waals surface area contributed by atoms with Crippen molar-refractivity contribution in [1.29, 1.82) is 0 Å². The molecular formula is C30H35NO7. The van der Waals surface area contributed by atoms with Crippen LogP contribution in [0.25, 0.3) is 0 Å². The molecule has 2 unspecified atom stereocenters. The molecule has 0 aliphatic carbocycles. The van der Waals surface area contributed by atoms with Gasteiger partial charge in [-0.1, -0.05) is 42.5 Å². The van der Waals surface area contributed by atoms with Crippen molar-refractivity contribution < 1.29 is 34.0 Å². The normalized spacial score (nSPS) is 15.2. The Balaban J connectivity index is 1.21. The van der Waals surface area contributed by atoms with Gasteiger partial charge in [-0.25, -0.2) is 0 Å². The zero-order valence-corrected chi connectivity index (χ0v) is 21.6. The van der Waals surface area contributed by atoms with Gasteiger partial charge >= 0.3 is 5.97 Å². The van der Waals surface area contributed by atoms with Crippen molar-refractivity contribution >= 4 is 5.97 Å². The Morgan fingerprint density at radius 1 is 1.05 bits per heavy atom. The van der Waals surface area contributed by atoms with Gasteiger partial charge in [0.25, 0.3) is 0 Å². The Labute approximate surface area is 223 Å². The van der Waals surface area contributed by atoms with Gasteiger partial charge in [0.1, 0.15) is 12.4 Å². The van der Waals surface area contributed by atoms with Crippen LogP contribution in [0.1, 0.15) is 35.3 Å². The van der Waals surface area contributed by atoms with Crippen LogP contribution in [0.15, 0.2) is 66.7 Å². The molecule has 0 saturated carbocycles. The molecule has 1 aliphatic heterocycles. The number of aliphatic hydroxyl groups is 2. The maximum Gasteiger partial charge on any atom is 0.308 e. The highest BCUT2D eigenvalue weighted by molar-refractivity contribution is 5.69. The van der Waals surface area contributed by atoms with E-state index in [9.17, 15) is 15.0 Å². The lowest BCUT2D eigenvalue weighted by molar-refractivity contribution is -0.131. The van der Waals surface area contributed by atoms with Crippen LogP contribution < -0.4 is 19.5 Å². The molecule has 1 heterocycles. The lowest BCUT2D eigenvalue weighted by Gasteiger charge is -2.26. The summed E-state index contributed by atoms with van der Waals surface area (Å²) in [7, 11) is 0. The van der Waals surface area contributed by atoms with Crippen LogP contribution in [0.5, 0.6) is 17.2 Å². The van der Waals surface area contributed by atoms with Gasteiger partial charge in [-0.05, 0) is 65.9 Å². The first-order chi connectivity index (χ1) is 18.5. The van der Waals surface area contributed by atoms with Crippen molar-refractivity contribution in [3.8, 4) is 17.2 Å². The van der Waals surface area contributed by atoms with E-state index >= 15 is 0 Å². The zero-order chi connectivity index (χ0) is 26.7. The smallest absolute Gasteiger partial charge is 0.308 e. The molecule has 0 aromatic heterocycles. The van der Waals surface area contributed by atoms with Crippen LogP contribution in [0.4, 0.5) is 0 Å². The molecule has 3 N–H and O–H groups in total. The predicted molar refractivity (Wildman–Crippen MR) is 143 cm³/mol. The number of hydrogen-bond acceptors (Lipinski definition) is 8. The Morgan fingerprint density at radius 2 is 1.89 bits per heavy atom.